The first kappa shape index (κ1) is 12.0. The van der Waals surface area contributed by atoms with E-state index >= 15 is 0 Å². The largest absolute Gasteiger partial charge is 0.476 e. The SMILES string of the molecule is O=C(O)c1coc(Nc2cc(F)c(F)c(F)c2)n1. The van der Waals surface area contributed by atoms with E-state index in [1.54, 1.807) is 0 Å². The zero-order valence-corrected chi connectivity index (χ0v) is 8.58. The lowest BCUT2D eigenvalue weighted by atomic mass is 10.3. The number of anilines is 2. The smallest absolute Gasteiger partial charge is 0.357 e. The van der Waals surface area contributed by atoms with Gasteiger partial charge in [-0.05, 0) is 0 Å². The number of aromatic carboxylic acids is 1. The maximum atomic E-state index is 12.9. The molecule has 5 nitrogen and oxygen atoms in total. The van der Waals surface area contributed by atoms with E-state index in [0.717, 1.165) is 6.26 Å². The molecular formula is C10H5F3N2O3. The van der Waals surface area contributed by atoms with Crippen molar-refractivity contribution in [1.29, 1.82) is 0 Å². The molecule has 2 rings (SSSR count). The second-order valence-electron chi connectivity index (χ2n) is 3.22. The van der Waals surface area contributed by atoms with Crippen molar-refractivity contribution >= 4 is 17.7 Å². The lowest BCUT2D eigenvalue weighted by Gasteiger charge is -2.02. The Morgan fingerprint density at radius 1 is 1.28 bits per heavy atom. The molecule has 0 amide bonds. The predicted molar refractivity (Wildman–Crippen MR) is 53.1 cm³/mol. The van der Waals surface area contributed by atoms with Gasteiger partial charge < -0.3 is 14.8 Å². The van der Waals surface area contributed by atoms with Gasteiger partial charge in [0.15, 0.2) is 23.1 Å². The van der Waals surface area contributed by atoms with E-state index in [1.165, 1.54) is 0 Å². The van der Waals surface area contributed by atoms with Crippen LogP contribution in [0.5, 0.6) is 0 Å². The fourth-order valence-corrected chi connectivity index (χ4v) is 1.18. The van der Waals surface area contributed by atoms with Gasteiger partial charge in [-0.15, -0.1) is 0 Å². The highest BCUT2D eigenvalue weighted by molar-refractivity contribution is 5.85. The molecule has 1 aromatic heterocycles. The summed E-state index contributed by atoms with van der Waals surface area (Å²) in [5, 5.41) is 10.9. The van der Waals surface area contributed by atoms with Gasteiger partial charge in [-0.25, -0.2) is 18.0 Å². The van der Waals surface area contributed by atoms with Crippen LogP contribution < -0.4 is 5.32 Å². The van der Waals surface area contributed by atoms with Crippen LogP contribution in [0.2, 0.25) is 0 Å². The Kier molecular flexibility index (Phi) is 2.92. The highest BCUT2D eigenvalue weighted by Gasteiger charge is 2.13. The lowest BCUT2D eigenvalue weighted by molar-refractivity contribution is 0.0690. The number of aromatic nitrogens is 1. The molecule has 0 aliphatic rings. The minimum Gasteiger partial charge on any atom is -0.476 e. The van der Waals surface area contributed by atoms with Gasteiger partial charge in [-0.3, -0.25) is 0 Å². The Bertz CT molecular complexity index is 589. The molecule has 0 bridgehead atoms. The summed E-state index contributed by atoms with van der Waals surface area (Å²) in [7, 11) is 0. The first-order chi connectivity index (χ1) is 8.47. The molecule has 0 saturated heterocycles. The third-order valence-corrected chi connectivity index (χ3v) is 1.96. The summed E-state index contributed by atoms with van der Waals surface area (Å²) in [6, 6.07) is 1.09. The molecule has 0 radical (unpaired) electrons. The monoisotopic (exact) mass is 258 g/mol. The van der Waals surface area contributed by atoms with Crippen molar-refractivity contribution in [2.45, 2.75) is 0 Å². The summed E-state index contributed by atoms with van der Waals surface area (Å²) in [6.07, 6.45) is 0.848. The molecule has 0 spiro atoms. The summed E-state index contributed by atoms with van der Waals surface area (Å²) in [6.45, 7) is 0. The number of halogens is 3. The summed E-state index contributed by atoms with van der Waals surface area (Å²) < 4.78 is 43.1. The fraction of sp³-hybridized carbons (Fsp3) is 0. The molecule has 0 unspecified atom stereocenters. The molecule has 8 heteroatoms. The van der Waals surface area contributed by atoms with Crippen LogP contribution >= 0.6 is 0 Å². The highest BCUT2D eigenvalue weighted by atomic mass is 19.2. The predicted octanol–water partition coefficient (Wildman–Crippen LogP) is 2.53. The van der Waals surface area contributed by atoms with Crippen LogP contribution in [0.25, 0.3) is 0 Å². The molecule has 1 aromatic carbocycles. The van der Waals surface area contributed by atoms with Crippen molar-refractivity contribution in [1.82, 2.24) is 4.98 Å². The van der Waals surface area contributed by atoms with Crippen LogP contribution in [0.1, 0.15) is 10.5 Å². The van der Waals surface area contributed by atoms with Crippen molar-refractivity contribution in [2.75, 3.05) is 5.32 Å². The number of nitrogens with zero attached hydrogens (tertiary/aromatic N) is 1. The van der Waals surface area contributed by atoms with Crippen molar-refractivity contribution in [2.24, 2.45) is 0 Å². The van der Waals surface area contributed by atoms with Gasteiger partial charge in [-0.1, -0.05) is 0 Å². The quantitative estimate of drug-likeness (QED) is 0.827. The summed E-state index contributed by atoms with van der Waals surface area (Å²) in [5.74, 6) is -5.69. The number of nitrogens with one attached hydrogen (secondary N) is 1. The standard InChI is InChI=1S/C10H5F3N2O3/c11-5-1-4(2-6(12)8(5)13)14-10-15-7(3-18-10)9(16)17/h1-3H,(H,14,15)(H,16,17). The molecular weight excluding hydrogens is 253 g/mol. The van der Waals surface area contributed by atoms with Crippen LogP contribution in [-0.2, 0) is 0 Å². The first-order valence-corrected chi connectivity index (χ1v) is 4.58. The zero-order valence-electron chi connectivity index (χ0n) is 8.58. The number of oxazole rings is 1. The van der Waals surface area contributed by atoms with E-state index in [2.05, 4.69) is 10.3 Å². The summed E-state index contributed by atoms with van der Waals surface area (Å²) in [4.78, 5) is 14.0. The van der Waals surface area contributed by atoms with Crippen LogP contribution in [0.3, 0.4) is 0 Å². The third-order valence-electron chi connectivity index (χ3n) is 1.96. The van der Waals surface area contributed by atoms with Crippen molar-refractivity contribution in [3.63, 3.8) is 0 Å². The molecule has 0 fully saturated rings. The van der Waals surface area contributed by atoms with Gasteiger partial charge in [-0.2, -0.15) is 4.98 Å². The molecule has 18 heavy (non-hydrogen) atoms. The molecule has 1 heterocycles. The number of hydrogen-bond donors (Lipinski definition) is 2. The minimum atomic E-state index is -1.60. The van der Waals surface area contributed by atoms with Crippen molar-refractivity contribution in [3.8, 4) is 0 Å². The third kappa shape index (κ3) is 2.26. The van der Waals surface area contributed by atoms with Crippen LogP contribution in [0.15, 0.2) is 22.8 Å². The van der Waals surface area contributed by atoms with E-state index in [4.69, 9.17) is 9.52 Å². The fourth-order valence-electron chi connectivity index (χ4n) is 1.18. The van der Waals surface area contributed by atoms with Gasteiger partial charge in [0, 0.05) is 17.8 Å². The molecule has 0 aliphatic carbocycles. The second kappa shape index (κ2) is 4.40. The van der Waals surface area contributed by atoms with Gasteiger partial charge in [0.25, 0.3) is 6.01 Å². The maximum absolute atomic E-state index is 12.9. The number of carboxylic acids is 1. The Balaban J connectivity index is 2.25. The van der Waals surface area contributed by atoms with E-state index in [1.807, 2.05) is 0 Å². The minimum absolute atomic E-state index is 0.162. The number of rotatable bonds is 3. The van der Waals surface area contributed by atoms with Gasteiger partial charge in [0.2, 0.25) is 0 Å². The van der Waals surface area contributed by atoms with E-state index in [-0.39, 0.29) is 17.4 Å². The Hall–Kier alpha value is -2.51. The Morgan fingerprint density at radius 3 is 2.39 bits per heavy atom. The highest BCUT2D eigenvalue weighted by Crippen LogP contribution is 2.21. The van der Waals surface area contributed by atoms with Crippen LogP contribution in [-0.4, -0.2) is 16.1 Å². The first-order valence-electron chi connectivity index (χ1n) is 4.58. The second-order valence-corrected chi connectivity index (χ2v) is 3.22. The lowest BCUT2D eigenvalue weighted by Crippen LogP contribution is -1.98. The van der Waals surface area contributed by atoms with Crippen LogP contribution in [0.4, 0.5) is 24.9 Å². The average Bonchev–Trinajstić information content (AvgIpc) is 2.74. The maximum Gasteiger partial charge on any atom is 0.357 e. The topological polar surface area (TPSA) is 75.4 Å². The van der Waals surface area contributed by atoms with Crippen molar-refractivity contribution < 1.29 is 27.5 Å². The number of benzene rings is 1. The Morgan fingerprint density at radius 2 is 1.89 bits per heavy atom. The molecule has 2 aromatic rings. The van der Waals surface area contributed by atoms with Gasteiger partial charge in [0.1, 0.15) is 6.26 Å². The van der Waals surface area contributed by atoms with Crippen LogP contribution in [0, 0.1) is 17.5 Å². The van der Waals surface area contributed by atoms with E-state index < -0.39 is 23.4 Å². The number of carboxylic acid groups (broad SMARTS) is 1. The summed E-state index contributed by atoms with van der Waals surface area (Å²) >= 11 is 0. The molecule has 2 N–H and O–H groups in total. The van der Waals surface area contributed by atoms with Gasteiger partial charge >= 0.3 is 5.97 Å². The summed E-state index contributed by atoms with van der Waals surface area (Å²) in [5.41, 5.74) is -0.536. The molecule has 0 saturated carbocycles. The van der Waals surface area contributed by atoms with E-state index in [0.29, 0.717) is 12.1 Å². The van der Waals surface area contributed by atoms with Gasteiger partial charge in [0.05, 0.1) is 0 Å². The molecule has 0 atom stereocenters. The number of hydrogen-bond acceptors (Lipinski definition) is 4. The average molecular weight is 258 g/mol. The van der Waals surface area contributed by atoms with E-state index in [9.17, 15) is 18.0 Å². The number of carbonyl (C=O) groups is 1. The zero-order chi connectivity index (χ0) is 13.3. The molecule has 94 valence electrons. The van der Waals surface area contributed by atoms with Crippen molar-refractivity contribution in [3.05, 3.63) is 41.5 Å². The normalized spacial score (nSPS) is 10.4. The molecule has 0 aliphatic heterocycles. The Labute approximate surface area is 97.9 Å².